The van der Waals surface area contributed by atoms with Crippen molar-refractivity contribution in [3.05, 3.63) is 52.9 Å². The van der Waals surface area contributed by atoms with E-state index >= 15 is 0 Å². The summed E-state index contributed by atoms with van der Waals surface area (Å²) in [6, 6.07) is 12.9. The van der Waals surface area contributed by atoms with E-state index in [0.29, 0.717) is 12.5 Å². The fourth-order valence-electron chi connectivity index (χ4n) is 3.82. The number of hydrogen-bond donors (Lipinski definition) is 1. The van der Waals surface area contributed by atoms with Crippen molar-refractivity contribution < 1.29 is 4.79 Å². The molecule has 26 heavy (non-hydrogen) atoms. The minimum atomic E-state index is 0.0426. The van der Waals surface area contributed by atoms with Crippen LogP contribution in [0.15, 0.2) is 48.0 Å². The van der Waals surface area contributed by atoms with Crippen LogP contribution < -0.4 is 5.32 Å². The first-order chi connectivity index (χ1) is 12.7. The summed E-state index contributed by atoms with van der Waals surface area (Å²) in [5.41, 5.74) is 2.10. The molecule has 4 nitrogen and oxygen atoms in total. The average molecular weight is 368 g/mol. The molecule has 1 unspecified atom stereocenters. The van der Waals surface area contributed by atoms with Crippen LogP contribution in [0.25, 0.3) is 10.9 Å². The smallest absolute Gasteiger partial charge is 0.229 e. The zero-order valence-electron chi connectivity index (χ0n) is 15.1. The van der Waals surface area contributed by atoms with Gasteiger partial charge in [0.15, 0.2) is 0 Å². The Bertz CT molecular complexity index is 884. The van der Waals surface area contributed by atoms with Crippen molar-refractivity contribution in [3.8, 4) is 0 Å². The lowest BCUT2D eigenvalue weighted by atomic mass is 10.1. The Balaban J connectivity index is 1.53. The number of nitrogens with zero attached hydrogens (tertiary/aromatic N) is 2. The summed E-state index contributed by atoms with van der Waals surface area (Å²) in [5, 5.41) is 6.30. The molecule has 1 saturated heterocycles. The molecule has 1 aliphatic heterocycles. The molecular weight excluding hydrogens is 342 g/mol. The maximum atomic E-state index is 12.3. The third-order valence-electron chi connectivity index (χ3n) is 5.24. The Labute approximate surface area is 158 Å². The van der Waals surface area contributed by atoms with Gasteiger partial charge in [-0.2, -0.15) is 0 Å². The molecule has 0 aliphatic carbocycles. The highest BCUT2D eigenvalue weighted by Crippen LogP contribution is 2.29. The van der Waals surface area contributed by atoms with Crippen molar-refractivity contribution in [2.75, 3.05) is 25.5 Å². The van der Waals surface area contributed by atoms with Gasteiger partial charge in [0.1, 0.15) is 0 Å². The van der Waals surface area contributed by atoms with Gasteiger partial charge in [0, 0.05) is 22.8 Å². The van der Waals surface area contributed by atoms with Crippen LogP contribution in [0.2, 0.25) is 0 Å². The van der Waals surface area contributed by atoms with E-state index in [0.717, 1.165) is 17.1 Å². The van der Waals surface area contributed by atoms with Crippen molar-refractivity contribution in [3.63, 3.8) is 0 Å². The number of anilines is 1. The number of amides is 1. The van der Waals surface area contributed by atoms with Gasteiger partial charge in [-0.05, 0) is 74.4 Å². The molecule has 3 aromatic rings. The minimum absolute atomic E-state index is 0.0426. The van der Waals surface area contributed by atoms with Gasteiger partial charge < -0.3 is 14.8 Å². The van der Waals surface area contributed by atoms with Crippen molar-refractivity contribution >= 4 is 33.8 Å². The van der Waals surface area contributed by atoms with E-state index in [9.17, 15) is 4.79 Å². The standard InChI is InChI=1S/C21H25N3OS/c1-23-10-2-4-18(9-11-23)24-12-8-16-6-7-17(14-20(16)24)22-21(25)15-19-5-3-13-26-19/h3,5-8,12-14,18H,2,4,9-11,15H2,1H3,(H,22,25). The highest BCUT2D eigenvalue weighted by molar-refractivity contribution is 7.10. The molecule has 1 amide bonds. The van der Waals surface area contributed by atoms with Gasteiger partial charge in [0.05, 0.1) is 11.9 Å². The second kappa shape index (κ2) is 7.64. The second-order valence-electron chi connectivity index (χ2n) is 7.19. The number of likely N-dealkylation sites (tertiary alicyclic amines) is 1. The summed E-state index contributed by atoms with van der Waals surface area (Å²) in [7, 11) is 2.21. The van der Waals surface area contributed by atoms with Crippen molar-refractivity contribution in [2.24, 2.45) is 0 Å². The molecule has 5 heteroatoms. The van der Waals surface area contributed by atoms with Crippen LogP contribution in [0.3, 0.4) is 0 Å². The number of carbonyl (C=O) groups excluding carboxylic acids is 1. The number of rotatable bonds is 4. The van der Waals surface area contributed by atoms with Crippen molar-refractivity contribution in [1.29, 1.82) is 0 Å². The van der Waals surface area contributed by atoms with E-state index < -0.39 is 0 Å². The summed E-state index contributed by atoms with van der Waals surface area (Å²) in [5.74, 6) is 0.0426. The van der Waals surface area contributed by atoms with E-state index in [1.807, 2.05) is 23.6 Å². The first-order valence-electron chi connectivity index (χ1n) is 9.30. The van der Waals surface area contributed by atoms with Crippen LogP contribution in [0.5, 0.6) is 0 Å². The third-order valence-corrected chi connectivity index (χ3v) is 6.11. The van der Waals surface area contributed by atoms with E-state index in [1.165, 1.54) is 36.7 Å². The molecule has 136 valence electrons. The number of nitrogens with one attached hydrogen (secondary N) is 1. The van der Waals surface area contributed by atoms with Gasteiger partial charge in [0.2, 0.25) is 5.91 Å². The highest BCUT2D eigenvalue weighted by Gasteiger charge is 2.18. The molecule has 0 saturated carbocycles. The molecule has 0 spiro atoms. The number of aromatic nitrogens is 1. The number of benzene rings is 1. The summed E-state index contributed by atoms with van der Waals surface area (Å²) in [6.07, 6.45) is 6.26. The van der Waals surface area contributed by atoms with Crippen LogP contribution in [0.4, 0.5) is 5.69 Å². The number of hydrogen-bond acceptors (Lipinski definition) is 3. The van der Waals surface area contributed by atoms with Gasteiger partial charge in [-0.1, -0.05) is 12.1 Å². The molecule has 1 fully saturated rings. The van der Waals surface area contributed by atoms with E-state index in [-0.39, 0.29) is 5.91 Å². The molecule has 0 bridgehead atoms. The Kier molecular flexibility index (Phi) is 5.09. The molecular formula is C21H25N3OS. The van der Waals surface area contributed by atoms with Gasteiger partial charge in [-0.25, -0.2) is 0 Å². The van der Waals surface area contributed by atoms with E-state index in [2.05, 4.69) is 46.2 Å². The maximum Gasteiger partial charge on any atom is 0.229 e. The number of carbonyl (C=O) groups is 1. The molecule has 1 atom stereocenters. The number of fused-ring (bicyclic) bond motifs is 1. The predicted molar refractivity (Wildman–Crippen MR) is 109 cm³/mol. The van der Waals surface area contributed by atoms with Crippen LogP contribution >= 0.6 is 11.3 Å². The lowest BCUT2D eigenvalue weighted by Gasteiger charge is -2.18. The van der Waals surface area contributed by atoms with Crippen LogP contribution in [-0.4, -0.2) is 35.5 Å². The van der Waals surface area contributed by atoms with Crippen molar-refractivity contribution in [2.45, 2.75) is 31.7 Å². The molecule has 0 radical (unpaired) electrons. The first kappa shape index (κ1) is 17.3. The summed E-state index contributed by atoms with van der Waals surface area (Å²) in [6.45, 7) is 2.32. The molecule has 1 N–H and O–H groups in total. The van der Waals surface area contributed by atoms with Gasteiger partial charge >= 0.3 is 0 Å². The maximum absolute atomic E-state index is 12.3. The molecule has 4 rings (SSSR count). The Morgan fingerprint density at radius 1 is 1.23 bits per heavy atom. The lowest BCUT2D eigenvalue weighted by Crippen LogP contribution is -2.19. The molecule has 1 aliphatic rings. The van der Waals surface area contributed by atoms with E-state index in [1.54, 1.807) is 11.3 Å². The Morgan fingerprint density at radius 3 is 3.00 bits per heavy atom. The first-order valence-corrected chi connectivity index (χ1v) is 10.2. The molecule has 3 heterocycles. The zero-order valence-corrected chi connectivity index (χ0v) is 16.0. The predicted octanol–water partition coefficient (Wildman–Crippen LogP) is 4.54. The fourth-order valence-corrected chi connectivity index (χ4v) is 4.53. The SMILES string of the molecule is CN1CCCC(n2ccc3ccc(NC(=O)Cc4cccs4)cc32)CC1. The highest BCUT2D eigenvalue weighted by atomic mass is 32.1. The summed E-state index contributed by atoms with van der Waals surface area (Å²) >= 11 is 1.62. The van der Waals surface area contributed by atoms with Crippen LogP contribution in [0, 0.1) is 0 Å². The quantitative estimate of drug-likeness (QED) is 0.735. The van der Waals surface area contributed by atoms with Crippen LogP contribution in [0.1, 0.15) is 30.2 Å². The molecule has 1 aromatic carbocycles. The molecule has 2 aromatic heterocycles. The van der Waals surface area contributed by atoms with Crippen LogP contribution in [-0.2, 0) is 11.2 Å². The van der Waals surface area contributed by atoms with Gasteiger partial charge in [0.25, 0.3) is 0 Å². The second-order valence-corrected chi connectivity index (χ2v) is 8.22. The zero-order chi connectivity index (χ0) is 17.9. The normalized spacial score (nSPS) is 18.7. The minimum Gasteiger partial charge on any atom is -0.344 e. The Hall–Kier alpha value is -2.11. The lowest BCUT2D eigenvalue weighted by molar-refractivity contribution is -0.115. The van der Waals surface area contributed by atoms with Gasteiger partial charge in [-0.3, -0.25) is 4.79 Å². The fraction of sp³-hybridized carbons (Fsp3) is 0.381. The summed E-state index contributed by atoms with van der Waals surface area (Å²) < 4.78 is 2.41. The van der Waals surface area contributed by atoms with Gasteiger partial charge in [-0.15, -0.1) is 11.3 Å². The largest absolute Gasteiger partial charge is 0.344 e. The Morgan fingerprint density at radius 2 is 2.15 bits per heavy atom. The van der Waals surface area contributed by atoms with Crippen molar-refractivity contribution in [1.82, 2.24) is 9.47 Å². The van der Waals surface area contributed by atoms with E-state index in [4.69, 9.17) is 0 Å². The topological polar surface area (TPSA) is 37.3 Å². The average Bonchev–Trinajstić information content (AvgIpc) is 3.22. The monoisotopic (exact) mass is 367 g/mol. The third kappa shape index (κ3) is 3.84. The number of thiophene rings is 1. The summed E-state index contributed by atoms with van der Waals surface area (Å²) in [4.78, 5) is 15.8.